The molecule has 0 heterocycles. The molecule has 0 radical (unpaired) electrons. The van der Waals surface area contributed by atoms with Gasteiger partial charge in [-0.05, 0) is 30.2 Å². The number of Topliss-reactive ketones (excluding diaryl/α,β-unsaturated/α-hetero) is 1. The van der Waals surface area contributed by atoms with Crippen molar-refractivity contribution in [1.29, 1.82) is 0 Å². The summed E-state index contributed by atoms with van der Waals surface area (Å²) in [6.07, 6.45) is 2.68. The van der Waals surface area contributed by atoms with Crippen molar-refractivity contribution in [3.05, 3.63) is 75.8 Å². The zero-order valence-electron chi connectivity index (χ0n) is 10.8. The Balaban J connectivity index is 2.36. The van der Waals surface area contributed by atoms with Crippen molar-refractivity contribution in [1.82, 2.24) is 0 Å². The minimum Gasteiger partial charge on any atom is -0.289 e. The van der Waals surface area contributed by atoms with Crippen LogP contribution in [0.1, 0.15) is 29.3 Å². The van der Waals surface area contributed by atoms with Gasteiger partial charge in [-0.3, -0.25) is 4.79 Å². The first-order valence-corrected chi connectivity index (χ1v) is 7.06. The van der Waals surface area contributed by atoms with E-state index in [1.54, 1.807) is 0 Å². The first-order chi connectivity index (χ1) is 9.22. The molecule has 96 valence electrons. The molecule has 0 N–H and O–H groups in total. The summed E-state index contributed by atoms with van der Waals surface area (Å²) in [5.41, 5.74) is 2.59. The van der Waals surface area contributed by atoms with E-state index >= 15 is 0 Å². The van der Waals surface area contributed by atoms with E-state index in [4.69, 9.17) is 0 Å². The van der Waals surface area contributed by atoms with Crippen LogP contribution in [-0.2, 0) is 0 Å². The fraction of sp³-hybridized carbons (Fsp3) is 0.118. The Morgan fingerprint density at radius 2 is 1.68 bits per heavy atom. The standard InChI is InChI=1S/C17H15BrO/c1-2-14(12-13-8-4-3-5-9-13)17(19)15-10-6-7-11-16(15)18/h3-12H,2H2,1H3/b14-12+. The number of allylic oxidation sites excluding steroid dienone is 1. The second kappa shape index (κ2) is 6.48. The summed E-state index contributed by atoms with van der Waals surface area (Å²) in [6.45, 7) is 2.00. The van der Waals surface area contributed by atoms with Crippen LogP contribution in [0.15, 0.2) is 64.6 Å². The zero-order valence-corrected chi connectivity index (χ0v) is 12.4. The van der Waals surface area contributed by atoms with Crippen molar-refractivity contribution in [3.8, 4) is 0 Å². The van der Waals surface area contributed by atoms with Crippen molar-refractivity contribution in [2.24, 2.45) is 0 Å². The van der Waals surface area contributed by atoms with Crippen LogP contribution in [0.3, 0.4) is 0 Å². The van der Waals surface area contributed by atoms with Gasteiger partial charge in [0.25, 0.3) is 0 Å². The highest BCUT2D eigenvalue weighted by Gasteiger charge is 2.13. The summed E-state index contributed by atoms with van der Waals surface area (Å²) in [6, 6.07) is 17.5. The van der Waals surface area contributed by atoms with E-state index in [-0.39, 0.29) is 5.78 Å². The summed E-state index contributed by atoms with van der Waals surface area (Å²) in [4.78, 5) is 12.5. The fourth-order valence-corrected chi connectivity index (χ4v) is 2.36. The smallest absolute Gasteiger partial charge is 0.190 e. The molecule has 2 heteroatoms. The maximum atomic E-state index is 12.5. The Kier molecular flexibility index (Phi) is 4.69. The molecule has 2 aromatic rings. The third-order valence-electron chi connectivity index (χ3n) is 2.93. The normalized spacial score (nSPS) is 11.4. The zero-order chi connectivity index (χ0) is 13.7. The largest absolute Gasteiger partial charge is 0.289 e. The van der Waals surface area contributed by atoms with Crippen LogP contribution >= 0.6 is 15.9 Å². The van der Waals surface area contributed by atoms with E-state index < -0.39 is 0 Å². The molecule has 0 aromatic heterocycles. The quantitative estimate of drug-likeness (QED) is 0.565. The van der Waals surface area contributed by atoms with Gasteiger partial charge in [0, 0.05) is 15.6 Å². The van der Waals surface area contributed by atoms with Gasteiger partial charge in [-0.2, -0.15) is 0 Å². The molecule has 0 spiro atoms. The van der Waals surface area contributed by atoms with Gasteiger partial charge in [-0.25, -0.2) is 0 Å². The molecule has 19 heavy (non-hydrogen) atoms. The average molecular weight is 315 g/mol. The lowest BCUT2D eigenvalue weighted by molar-refractivity contribution is 0.103. The van der Waals surface area contributed by atoms with E-state index in [2.05, 4.69) is 15.9 Å². The predicted octanol–water partition coefficient (Wildman–Crippen LogP) is 5.13. The lowest BCUT2D eigenvalue weighted by atomic mass is 9.99. The van der Waals surface area contributed by atoms with E-state index in [9.17, 15) is 4.79 Å². The average Bonchev–Trinajstić information content (AvgIpc) is 2.46. The van der Waals surface area contributed by atoms with Crippen LogP contribution in [0.4, 0.5) is 0 Å². The number of carbonyl (C=O) groups excluding carboxylic acids is 1. The number of halogens is 1. The highest BCUT2D eigenvalue weighted by atomic mass is 79.9. The summed E-state index contributed by atoms with van der Waals surface area (Å²) >= 11 is 3.43. The Bertz CT molecular complexity index is 600. The van der Waals surface area contributed by atoms with Crippen molar-refractivity contribution in [2.45, 2.75) is 13.3 Å². The molecule has 0 bridgehead atoms. The molecular formula is C17H15BrO. The van der Waals surface area contributed by atoms with Crippen molar-refractivity contribution in [3.63, 3.8) is 0 Å². The predicted molar refractivity (Wildman–Crippen MR) is 83.2 cm³/mol. The molecule has 0 aliphatic carbocycles. The highest BCUT2D eigenvalue weighted by Crippen LogP contribution is 2.22. The Morgan fingerprint density at radius 3 is 2.32 bits per heavy atom. The summed E-state index contributed by atoms with van der Waals surface area (Å²) in [5, 5.41) is 0. The molecule has 2 aromatic carbocycles. The van der Waals surface area contributed by atoms with E-state index in [1.165, 1.54) is 0 Å². The van der Waals surface area contributed by atoms with E-state index in [0.717, 1.165) is 22.0 Å². The lowest BCUT2D eigenvalue weighted by Gasteiger charge is -2.06. The van der Waals surface area contributed by atoms with Gasteiger partial charge >= 0.3 is 0 Å². The Labute approximate surface area is 122 Å². The van der Waals surface area contributed by atoms with Crippen LogP contribution in [0.25, 0.3) is 6.08 Å². The molecule has 0 atom stereocenters. The van der Waals surface area contributed by atoms with Gasteiger partial charge in [0.1, 0.15) is 0 Å². The second-order valence-corrected chi connectivity index (χ2v) is 5.10. The summed E-state index contributed by atoms with van der Waals surface area (Å²) in [5.74, 6) is 0.0822. The second-order valence-electron chi connectivity index (χ2n) is 4.24. The van der Waals surface area contributed by atoms with Crippen molar-refractivity contribution in [2.75, 3.05) is 0 Å². The molecular weight excluding hydrogens is 300 g/mol. The number of carbonyl (C=O) groups is 1. The topological polar surface area (TPSA) is 17.1 Å². The molecule has 0 aliphatic heterocycles. The van der Waals surface area contributed by atoms with Crippen LogP contribution in [0.2, 0.25) is 0 Å². The number of benzene rings is 2. The first kappa shape index (κ1) is 13.8. The molecule has 0 unspecified atom stereocenters. The molecule has 0 amide bonds. The monoisotopic (exact) mass is 314 g/mol. The molecule has 0 aliphatic rings. The lowest BCUT2D eigenvalue weighted by Crippen LogP contribution is -2.03. The molecule has 0 saturated carbocycles. The maximum absolute atomic E-state index is 12.5. The molecule has 0 saturated heterocycles. The van der Waals surface area contributed by atoms with Crippen LogP contribution in [0, 0.1) is 0 Å². The summed E-state index contributed by atoms with van der Waals surface area (Å²) in [7, 11) is 0. The van der Waals surface area contributed by atoms with E-state index in [1.807, 2.05) is 67.6 Å². The van der Waals surface area contributed by atoms with Crippen molar-refractivity contribution >= 4 is 27.8 Å². The third kappa shape index (κ3) is 3.42. The van der Waals surface area contributed by atoms with Gasteiger partial charge in [-0.15, -0.1) is 0 Å². The molecule has 0 fully saturated rings. The van der Waals surface area contributed by atoms with Gasteiger partial charge in [0.05, 0.1) is 0 Å². The highest BCUT2D eigenvalue weighted by molar-refractivity contribution is 9.10. The maximum Gasteiger partial charge on any atom is 0.190 e. The minimum atomic E-state index is 0.0822. The number of hydrogen-bond acceptors (Lipinski definition) is 1. The van der Waals surface area contributed by atoms with Crippen molar-refractivity contribution < 1.29 is 4.79 Å². The van der Waals surface area contributed by atoms with Crippen LogP contribution in [0.5, 0.6) is 0 Å². The fourth-order valence-electron chi connectivity index (χ4n) is 1.90. The number of rotatable bonds is 4. The SMILES string of the molecule is CC/C(=C\c1ccccc1)C(=O)c1ccccc1Br. The first-order valence-electron chi connectivity index (χ1n) is 6.27. The number of ketones is 1. The van der Waals surface area contributed by atoms with Gasteiger partial charge in [0.2, 0.25) is 0 Å². The Morgan fingerprint density at radius 1 is 1.05 bits per heavy atom. The minimum absolute atomic E-state index is 0.0822. The van der Waals surface area contributed by atoms with E-state index in [0.29, 0.717) is 5.56 Å². The van der Waals surface area contributed by atoms with Crippen LogP contribution < -0.4 is 0 Å². The molecule has 1 nitrogen and oxygen atoms in total. The Hall–Kier alpha value is -1.67. The number of hydrogen-bond donors (Lipinski definition) is 0. The van der Waals surface area contributed by atoms with Crippen LogP contribution in [-0.4, -0.2) is 5.78 Å². The van der Waals surface area contributed by atoms with Gasteiger partial charge in [0.15, 0.2) is 5.78 Å². The third-order valence-corrected chi connectivity index (χ3v) is 3.62. The van der Waals surface area contributed by atoms with Gasteiger partial charge in [-0.1, -0.05) is 65.3 Å². The molecule has 2 rings (SSSR count). The van der Waals surface area contributed by atoms with Gasteiger partial charge < -0.3 is 0 Å². The summed E-state index contributed by atoms with van der Waals surface area (Å²) < 4.78 is 0.840.